The molecule has 0 atom stereocenters. The van der Waals surface area contributed by atoms with Gasteiger partial charge in [0.25, 0.3) is 5.91 Å². The highest BCUT2D eigenvalue weighted by Crippen LogP contribution is 2.35. The Morgan fingerprint density at radius 2 is 1.78 bits per heavy atom. The number of ether oxygens (including phenoxy) is 1. The molecular formula is C32H25N3O5S. The number of fused-ring (bicyclic) bond motifs is 1. The van der Waals surface area contributed by atoms with Crippen LogP contribution in [0.1, 0.15) is 27.4 Å². The Balaban J connectivity index is 1.18. The zero-order chi connectivity index (χ0) is 28.2. The van der Waals surface area contributed by atoms with E-state index in [1.165, 1.54) is 17.8 Å². The number of hydrogen-bond acceptors (Lipinski definition) is 6. The fourth-order valence-electron chi connectivity index (χ4n) is 4.51. The van der Waals surface area contributed by atoms with Gasteiger partial charge in [-0.15, -0.1) is 0 Å². The summed E-state index contributed by atoms with van der Waals surface area (Å²) in [5.41, 5.74) is 3.86. The molecule has 0 unspecified atom stereocenters. The number of aromatic carboxylic acids is 1. The van der Waals surface area contributed by atoms with Gasteiger partial charge in [-0.1, -0.05) is 48.5 Å². The molecule has 1 saturated heterocycles. The van der Waals surface area contributed by atoms with Crippen LogP contribution in [0.15, 0.2) is 112 Å². The van der Waals surface area contributed by atoms with Gasteiger partial charge in [-0.3, -0.25) is 9.69 Å². The number of nitrogens with zero attached hydrogens (tertiary/aromatic N) is 2. The number of rotatable bonds is 9. The number of hydrogen-bond donors (Lipinski definition) is 2. The quantitative estimate of drug-likeness (QED) is 0.189. The Morgan fingerprint density at radius 3 is 2.56 bits per heavy atom. The van der Waals surface area contributed by atoms with Crippen LogP contribution in [0, 0.1) is 0 Å². The average Bonchev–Trinajstić information content (AvgIpc) is 3.71. The van der Waals surface area contributed by atoms with Crippen molar-refractivity contribution in [1.29, 1.82) is 0 Å². The van der Waals surface area contributed by atoms with Crippen molar-refractivity contribution in [3.63, 3.8) is 0 Å². The molecule has 1 aliphatic heterocycles. The van der Waals surface area contributed by atoms with E-state index >= 15 is 0 Å². The number of thioether (sulfide) groups is 1. The van der Waals surface area contributed by atoms with Crippen LogP contribution >= 0.6 is 11.8 Å². The number of amides is 1. The number of aromatic nitrogens is 1. The minimum Gasteiger partial charge on any atom is -0.486 e. The summed E-state index contributed by atoms with van der Waals surface area (Å²) >= 11 is 1.36. The maximum absolute atomic E-state index is 13.6. The Labute approximate surface area is 240 Å². The molecule has 0 saturated carbocycles. The highest BCUT2D eigenvalue weighted by Gasteiger charge is 2.33. The lowest BCUT2D eigenvalue weighted by molar-refractivity contribution is -0.122. The van der Waals surface area contributed by atoms with Gasteiger partial charge in [-0.2, -0.15) is 0 Å². The van der Waals surface area contributed by atoms with E-state index in [0.29, 0.717) is 34.5 Å². The molecule has 3 aromatic carbocycles. The van der Waals surface area contributed by atoms with E-state index in [1.54, 1.807) is 23.1 Å². The lowest BCUT2D eigenvalue weighted by Crippen LogP contribution is -2.31. The normalized spacial score (nSPS) is 15.3. The van der Waals surface area contributed by atoms with Gasteiger partial charge in [-0.25, -0.2) is 9.79 Å². The van der Waals surface area contributed by atoms with Crippen LogP contribution in [-0.2, 0) is 17.8 Å². The maximum atomic E-state index is 13.6. The summed E-state index contributed by atoms with van der Waals surface area (Å²) in [6.45, 7) is 0.604. The van der Waals surface area contributed by atoms with Gasteiger partial charge in [0, 0.05) is 23.6 Å². The smallest absolute Gasteiger partial charge is 0.371 e. The molecule has 204 valence electrons. The first-order valence-electron chi connectivity index (χ1n) is 13.0. The van der Waals surface area contributed by atoms with Gasteiger partial charge in [0.05, 0.1) is 10.6 Å². The van der Waals surface area contributed by atoms with Crippen LogP contribution in [0.3, 0.4) is 0 Å². The van der Waals surface area contributed by atoms with Crippen molar-refractivity contribution in [3.05, 3.63) is 125 Å². The number of amidine groups is 1. The topological polar surface area (TPSA) is 108 Å². The van der Waals surface area contributed by atoms with E-state index < -0.39 is 5.97 Å². The maximum Gasteiger partial charge on any atom is 0.371 e. The second-order valence-corrected chi connectivity index (χ2v) is 10.3. The first-order valence-corrected chi connectivity index (χ1v) is 13.8. The second kappa shape index (κ2) is 11.6. The van der Waals surface area contributed by atoms with Crippen molar-refractivity contribution in [2.24, 2.45) is 4.99 Å². The summed E-state index contributed by atoms with van der Waals surface area (Å²) < 4.78 is 10.9. The standard InChI is InChI=1S/C32H25N3O5S/c36-30-29(18-21-10-12-24(13-11-21)39-20-25-14-15-28(40-25)31(37)38)41-32(34-23-6-2-1-3-7-23)35(30)17-16-22-19-33-27-9-5-4-8-26(22)27/h1-15,18-19,33H,16-17,20H2,(H,37,38)/b29-18-,34-32?. The van der Waals surface area contributed by atoms with E-state index in [-0.39, 0.29) is 18.3 Å². The van der Waals surface area contributed by atoms with Crippen LogP contribution in [0.4, 0.5) is 5.69 Å². The predicted octanol–water partition coefficient (Wildman–Crippen LogP) is 6.88. The molecule has 8 nitrogen and oxygen atoms in total. The third kappa shape index (κ3) is 5.95. The summed E-state index contributed by atoms with van der Waals surface area (Å²) in [6.07, 6.45) is 4.55. The average molecular weight is 564 g/mol. The third-order valence-electron chi connectivity index (χ3n) is 6.58. The Bertz CT molecular complexity index is 1770. The van der Waals surface area contributed by atoms with Gasteiger partial charge >= 0.3 is 5.97 Å². The molecule has 3 heterocycles. The lowest BCUT2D eigenvalue weighted by atomic mass is 10.1. The van der Waals surface area contributed by atoms with E-state index in [4.69, 9.17) is 19.3 Å². The molecule has 1 aliphatic rings. The SMILES string of the molecule is O=C(O)c1ccc(COc2ccc(/C=C3\SC(=Nc4ccccc4)N(CCc4c[nH]c5ccccc45)C3=O)cc2)o1. The van der Waals surface area contributed by atoms with E-state index in [2.05, 4.69) is 11.1 Å². The molecule has 2 N–H and O–H groups in total. The zero-order valence-corrected chi connectivity index (χ0v) is 22.6. The van der Waals surface area contributed by atoms with Crippen LogP contribution in [0.25, 0.3) is 17.0 Å². The van der Waals surface area contributed by atoms with Crippen LogP contribution in [0.2, 0.25) is 0 Å². The second-order valence-electron chi connectivity index (χ2n) is 9.34. The molecule has 9 heteroatoms. The molecule has 1 fully saturated rings. The lowest BCUT2D eigenvalue weighted by Gasteiger charge is -2.15. The van der Waals surface area contributed by atoms with Gasteiger partial charge < -0.3 is 19.2 Å². The minimum atomic E-state index is -1.12. The first kappa shape index (κ1) is 26.2. The largest absolute Gasteiger partial charge is 0.486 e. The molecule has 0 bridgehead atoms. The van der Waals surface area contributed by atoms with Crippen molar-refractivity contribution in [3.8, 4) is 5.75 Å². The Morgan fingerprint density at radius 1 is 1.00 bits per heavy atom. The van der Waals surface area contributed by atoms with Crippen LogP contribution < -0.4 is 4.74 Å². The summed E-state index contributed by atoms with van der Waals surface area (Å²) in [7, 11) is 0. The molecular weight excluding hydrogens is 538 g/mol. The molecule has 1 amide bonds. The molecule has 0 radical (unpaired) electrons. The number of carbonyl (C=O) groups excluding carboxylic acids is 1. The van der Waals surface area contributed by atoms with Gasteiger partial charge in [0.15, 0.2) is 5.17 Å². The first-order chi connectivity index (χ1) is 20.0. The minimum absolute atomic E-state index is 0.0862. The number of aliphatic imine (C=N–C) groups is 1. The molecule has 6 rings (SSSR count). The summed E-state index contributed by atoms with van der Waals surface area (Å²) in [6, 6.07) is 28.1. The number of carbonyl (C=O) groups is 2. The molecule has 2 aromatic heterocycles. The highest BCUT2D eigenvalue weighted by molar-refractivity contribution is 8.18. The van der Waals surface area contributed by atoms with Crippen molar-refractivity contribution in [2.75, 3.05) is 6.54 Å². The summed E-state index contributed by atoms with van der Waals surface area (Å²) in [5, 5.41) is 10.8. The molecule has 0 aliphatic carbocycles. The number of H-pyrrole nitrogens is 1. The van der Waals surface area contributed by atoms with Gasteiger partial charge in [0.1, 0.15) is 18.1 Å². The number of carboxylic acids is 1. The van der Waals surface area contributed by atoms with Gasteiger partial charge in [-0.05, 0) is 77.9 Å². The van der Waals surface area contributed by atoms with Gasteiger partial charge in [0.2, 0.25) is 5.76 Å². The number of benzene rings is 3. The number of furan rings is 1. The van der Waals surface area contributed by atoms with Crippen LogP contribution in [-0.4, -0.2) is 38.6 Å². The Kier molecular flexibility index (Phi) is 7.42. The zero-order valence-electron chi connectivity index (χ0n) is 21.8. The van der Waals surface area contributed by atoms with Crippen molar-refractivity contribution in [2.45, 2.75) is 13.0 Å². The molecule has 0 spiro atoms. The number of nitrogens with one attached hydrogen (secondary N) is 1. The monoisotopic (exact) mass is 563 g/mol. The van der Waals surface area contributed by atoms with Crippen molar-refractivity contribution < 1.29 is 23.8 Å². The number of aromatic amines is 1. The molecule has 41 heavy (non-hydrogen) atoms. The fourth-order valence-corrected chi connectivity index (χ4v) is 5.53. The third-order valence-corrected chi connectivity index (χ3v) is 7.59. The fraction of sp³-hybridized carbons (Fsp3) is 0.0938. The number of para-hydroxylation sites is 2. The Hall–Kier alpha value is -5.02. The summed E-state index contributed by atoms with van der Waals surface area (Å²) in [4.78, 5) is 35.0. The number of carboxylic acid groups (broad SMARTS) is 1. The van der Waals surface area contributed by atoms with E-state index in [0.717, 1.165) is 27.7 Å². The van der Waals surface area contributed by atoms with Crippen molar-refractivity contribution in [1.82, 2.24) is 9.88 Å². The van der Waals surface area contributed by atoms with E-state index in [1.807, 2.05) is 72.9 Å². The highest BCUT2D eigenvalue weighted by atomic mass is 32.2. The predicted molar refractivity (Wildman–Crippen MR) is 159 cm³/mol. The molecule has 5 aromatic rings. The van der Waals surface area contributed by atoms with Crippen molar-refractivity contribution >= 4 is 51.5 Å². The summed E-state index contributed by atoms with van der Waals surface area (Å²) in [5.74, 6) is -0.328. The van der Waals surface area contributed by atoms with E-state index in [9.17, 15) is 9.59 Å². The van der Waals surface area contributed by atoms with Crippen LogP contribution in [0.5, 0.6) is 5.75 Å².